The number of carbonyl (C=O) groups excluding carboxylic acids is 1. The van der Waals surface area contributed by atoms with E-state index in [1.807, 2.05) is 42.2 Å². The van der Waals surface area contributed by atoms with E-state index in [-0.39, 0.29) is 30.8 Å². The number of carboxylic acids is 1. The minimum atomic E-state index is -0.815. The first-order chi connectivity index (χ1) is 12.5. The third-order valence-electron chi connectivity index (χ3n) is 4.84. The molecule has 0 aromatic heterocycles. The molecular weight excluding hydrogens is 334 g/mol. The number of nitrogens with one attached hydrogen (secondary N) is 2. The lowest BCUT2D eigenvalue weighted by Crippen LogP contribution is -2.56. The maximum Gasteiger partial charge on any atom is 0.317 e. The molecule has 2 rings (SSSR count). The van der Waals surface area contributed by atoms with Gasteiger partial charge in [0.05, 0.1) is 12.6 Å². The molecule has 1 aromatic carbocycles. The first kappa shape index (κ1) is 20.2. The normalized spacial score (nSPS) is 20.3. The number of methoxy groups -OCH3 is 1. The predicted octanol–water partition coefficient (Wildman–Crippen LogP) is 1.48. The average molecular weight is 363 g/mol. The summed E-state index contributed by atoms with van der Waals surface area (Å²) in [7, 11) is 1.64. The molecule has 0 heterocycles. The second kappa shape index (κ2) is 10.1. The highest BCUT2D eigenvalue weighted by Crippen LogP contribution is 2.25. The van der Waals surface area contributed by atoms with Crippen molar-refractivity contribution in [2.24, 2.45) is 0 Å². The average Bonchev–Trinajstić information content (AvgIpc) is 2.60. The van der Waals surface area contributed by atoms with Gasteiger partial charge in [-0.15, -0.1) is 0 Å². The molecular formula is C19H29N3O4. The molecule has 1 aliphatic rings. The van der Waals surface area contributed by atoms with Crippen LogP contribution in [0.5, 0.6) is 0 Å². The summed E-state index contributed by atoms with van der Waals surface area (Å²) >= 11 is 0. The molecule has 144 valence electrons. The van der Waals surface area contributed by atoms with Gasteiger partial charge in [0.15, 0.2) is 0 Å². The summed E-state index contributed by atoms with van der Waals surface area (Å²) < 4.78 is 5.45. The highest BCUT2D eigenvalue weighted by atomic mass is 16.5. The number of aliphatic carboxylic acids is 1. The molecule has 26 heavy (non-hydrogen) atoms. The number of rotatable bonds is 10. The van der Waals surface area contributed by atoms with Crippen LogP contribution in [-0.2, 0) is 16.0 Å². The molecule has 0 bridgehead atoms. The molecule has 1 aromatic rings. The second-order valence-corrected chi connectivity index (χ2v) is 6.68. The standard InChI is InChI=1S/C19H29N3O4/c1-3-22(13-18(23)24)16-10-15(11-16)21-19(25)20-12-17(26-2)9-14-7-5-4-6-8-14/h4-8,15-17H,3,9-13H2,1-2H3,(H,23,24)(H2,20,21,25). The van der Waals surface area contributed by atoms with Crippen molar-refractivity contribution in [3.63, 3.8) is 0 Å². The van der Waals surface area contributed by atoms with E-state index in [9.17, 15) is 9.59 Å². The molecule has 7 heteroatoms. The molecule has 1 aliphatic carbocycles. The zero-order chi connectivity index (χ0) is 18.9. The van der Waals surface area contributed by atoms with Crippen molar-refractivity contribution in [1.29, 1.82) is 0 Å². The first-order valence-electron chi connectivity index (χ1n) is 9.08. The predicted molar refractivity (Wildman–Crippen MR) is 99.2 cm³/mol. The lowest BCUT2D eigenvalue weighted by Gasteiger charge is -2.42. The smallest absolute Gasteiger partial charge is 0.317 e. The summed E-state index contributed by atoms with van der Waals surface area (Å²) in [6.45, 7) is 3.14. The molecule has 2 amide bonds. The maximum absolute atomic E-state index is 12.1. The summed E-state index contributed by atoms with van der Waals surface area (Å²) in [6.07, 6.45) is 2.23. The Morgan fingerprint density at radius 1 is 1.31 bits per heavy atom. The van der Waals surface area contributed by atoms with Crippen LogP contribution in [0.4, 0.5) is 4.79 Å². The van der Waals surface area contributed by atoms with Crippen LogP contribution in [-0.4, -0.2) is 66.9 Å². The number of carbonyl (C=O) groups is 2. The molecule has 0 spiro atoms. The summed E-state index contributed by atoms with van der Waals surface area (Å²) in [5.41, 5.74) is 1.17. The number of amides is 2. The van der Waals surface area contributed by atoms with E-state index in [0.717, 1.165) is 19.3 Å². The van der Waals surface area contributed by atoms with Crippen molar-refractivity contribution in [3.05, 3.63) is 35.9 Å². The fraction of sp³-hybridized carbons (Fsp3) is 0.579. The number of likely N-dealkylation sites (N-methyl/N-ethyl adjacent to an activating group) is 1. The van der Waals surface area contributed by atoms with Crippen molar-refractivity contribution in [3.8, 4) is 0 Å². The molecule has 0 radical (unpaired) electrons. The molecule has 1 atom stereocenters. The fourth-order valence-electron chi connectivity index (χ4n) is 3.24. The van der Waals surface area contributed by atoms with E-state index < -0.39 is 5.97 Å². The van der Waals surface area contributed by atoms with Crippen LogP contribution in [0.3, 0.4) is 0 Å². The minimum absolute atomic E-state index is 0.0507. The number of hydrogen-bond acceptors (Lipinski definition) is 4. The van der Waals surface area contributed by atoms with Crippen molar-refractivity contribution in [1.82, 2.24) is 15.5 Å². The third-order valence-corrected chi connectivity index (χ3v) is 4.84. The molecule has 0 saturated heterocycles. The molecule has 0 aliphatic heterocycles. The van der Waals surface area contributed by atoms with Gasteiger partial charge >= 0.3 is 12.0 Å². The van der Waals surface area contributed by atoms with Gasteiger partial charge in [-0.25, -0.2) is 4.79 Å². The van der Waals surface area contributed by atoms with Gasteiger partial charge in [0.25, 0.3) is 0 Å². The van der Waals surface area contributed by atoms with Gasteiger partial charge in [0.2, 0.25) is 0 Å². The van der Waals surface area contributed by atoms with E-state index in [1.54, 1.807) is 7.11 Å². The Morgan fingerprint density at radius 2 is 2.00 bits per heavy atom. The summed E-state index contributed by atoms with van der Waals surface area (Å²) in [6, 6.07) is 10.1. The van der Waals surface area contributed by atoms with Gasteiger partial charge in [-0.2, -0.15) is 0 Å². The van der Waals surface area contributed by atoms with Gasteiger partial charge in [0, 0.05) is 32.2 Å². The van der Waals surface area contributed by atoms with E-state index in [2.05, 4.69) is 10.6 Å². The van der Waals surface area contributed by atoms with Gasteiger partial charge in [-0.05, 0) is 24.9 Å². The summed E-state index contributed by atoms with van der Waals surface area (Å²) in [5, 5.41) is 14.7. The van der Waals surface area contributed by atoms with E-state index in [1.165, 1.54) is 5.56 Å². The lowest BCUT2D eigenvalue weighted by molar-refractivity contribution is -0.139. The molecule has 1 saturated carbocycles. The van der Waals surface area contributed by atoms with E-state index >= 15 is 0 Å². The first-order valence-corrected chi connectivity index (χ1v) is 9.08. The van der Waals surface area contributed by atoms with Gasteiger partial charge in [-0.1, -0.05) is 37.3 Å². The molecule has 7 nitrogen and oxygen atoms in total. The van der Waals surface area contributed by atoms with Crippen LogP contribution in [0.1, 0.15) is 25.3 Å². The number of urea groups is 1. The highest BCUT2D eigenvalue weighted by Gasteiger charge is 2.34. The number of ether oxygens (including phenoxy) is 1. The van der Waals surface area contributed by atoms with Crippen molar-refractivity contribution in [2.45, 2.75) is 44.4 Å². The number of hydrogen-bond donors (Lipinski definition) is 3. The number of benzene rings is 1. The quantitative estimate of drug-likeness (QED) is 0.586. The van der Waals surface area contributed by atoms with Gasteiger partial charge in [-0.3, -0.25) is 9.69 Å². The Balaban J connectivity index is 1.67. The van der Waals surface area contributed by atoms with Crippen LogP contribution in [0.15, 0.2) is 30.3 Å². The van der Waals surface area contributed by atoms with E-state index in [0.29, 0.717) is 13.1 Å². The maximum atomic E-state index is 12.1. The minimum Gasteiger partial charge on any atom is -0.480 e. The van der Waals surface area contributed by atoms with Crippen LogP contribution in [0.25, 0.3) is 0 Å². The third kappa shape index (κ3) is 6.31. The SMILES string of the molecule is CCN(CC(=O)O)C1CC(NC(=O)NCC(Cc2ccccc2)OC)C1. The van der Waals surface area contributed by atoms with Crippen molar-refractivity contribution in [2.75, 3.05) is 26.7 Å². The largest absolute Gasteiger partial charge is 0.480 e. The molecule has 1 fully saturated rings. The van der Waals surface area contributed by atoms with Gasteiger partial charge < -0.3 is 20.5 Å². The zero-order valence-electron chi connectivity index (χ0n) is 15.5. The van der Waals surface area contributed by atoms with Crippen LogP contribution >= 0.6 is 0 Å². The van der Waals surface area contributed by atoms with Gasteiger partial charge in [0.1, 0.15) is 0 Å². The molecule has 1 unspecified atom stereocenters. The Hall–Kier alpha value is -2.12. The van der Waals surface area contributed by atoms with E-state index in [4.69, 9.17) is 9.84 Å². The van der Waals surface area contributed by atoms with Crippen molar-refractivity contribution >= 4 is 12.0 Å². The number of nitrogens with zero attached hydrogens (tertiary/aromatic N) is 1. The monoisotopic (exact) mass is 363 g/mol. The highest BCUT2D eigenvalue weighted by molar-refractivity contribution is 5.74. The lowest BCUT2D eigenvalue weighted by atomic mass is 9.85. The Bertz CT molecular complexity index is 575. The van der Waals surface area contributed by atoms with Crippen LogP contribution < -0.4 is 10.6 Å². The zero-order valence-corrected chi connectivity index (χ0v) is 15.5. The molecule has 3 N–H and O–H groups in total. The summed E-state index contributed by atoms with van der Waals surface area (Å²) in [5.74, 6) is -0.815. The van der Waals surface area contributed by atoms with Crippen LogP contribution in [0, 0.1) is 0 Å². The fourth-order valence-corrected chi connectivity index (χ4v) is 3.24. The number of carboxylic acid groups (broad SMARTS) is 1. The Kier molecular flexibility index (Phi) is 7.87. The summed E-state index contributed by atoms with van der Waals surface area (Å²) in [4.78, 5) is 24.8. The van der Waals surface area contributed by atoms with Crippen LogP contribution in [0.2, 0.25) is 0 Å². The van der Waals surface area contributed by atoms with Crippen molar-refractivity contribution < 1.29 is 19.4 Å². The Morgan fingerprint density at radius 3 is 2.58 bits per heavy atom. The second-order valence-electron chi connectivity index (χ2n) is 6.68. The Labute approximate surface area is 154 Å². The topological polar surface area (TPSA) is 90.9 Å².